The number of fused-ring (bicyclic) bond motifs is 1. The van der Waals surface area contributed by atoms with E-state index in [0.29, 0.717) is 0 Å². The number of rotatable bonds is 5. The van der Waals surface area contributed by atoms with E-state index in [0.717, 1.165) is 18.0 Å². The Balaban J connectivity index is 1.96. The van der Waals surface area contributed by atoms with Crippen LogP contribution in [0.4, 0.5) is 0 Å². The summed E-state index contributed by atoms with van der Waals surface area (Å²) in [7, 11) is 0. The predicted molar refractivity (Wildman–Crippen MR) is 83.5 cm³/mol. The Hall–Kier alpha value is -0.0800. The number of nitrogens with zero attached hydrogens (tertiary/aromatic N) is 1. The van der Waals surface area contributed by atoms with Crippen LogP contribution in [-0.2, 0) is 0 Å². The fourth-order valence-corrected chi connectivity index (χ4v) is 4.09. The van der Waals surface area contributed by atoms with Crippen LogP contribution in [0, 0.1) is 5.92 Å². The minimum absolute atomic E-state index is 0.247. The lowest BCUT2D eigenvalue weighted by Crippen LogP contribution is -2.53. The highest BCUT2D eigenvalue weighted by atomic mass is 15.2. The first-order valence-electron chi connectivity index (χ1n) is 8.52. The van der Waals surface area contributed by atoms with Crippen LogP contribution in [0.2, 0.25) is 0 Å². The second kappa shape index (κ2) is 6.58. The summed E-state index contributed by atoms with van der Waals surface area (Å²) in [4.78, 5) is 2.88. The minimum atomic E-state index is 0.247. The normalized spacial score (nSPS) is 30.3. The highest BCUT2D eigenvalue weighted by Gasteiger charge is 2.37. The summed E-state index contributed by atoms with van der Waals surface area (Å²) in [5.41, 5.74) is 0.247. The third-order valence-corrected chi connectivity index (χ3v) is 5.00. The van der Waals surface area contributed by atoms with Crippen molar-refractivity contribution in [3.8, 4) is 0 Å². The molecule has 0 aromatic carbocycles. The van der Waals surface area contributed by atoms with E-state index >= 15 is 0 Å². The van der Waals surface area contributed by atoms with Crippen LogP contribution in [0.15, 0.2) is 0 Å². The molecule has 0 amide bonds. The molecule has 1 aliphatic heterocycles. The van der Waals surface area contributed by atoms with Crippen molar-refractivity contribution in [1.82, 2.24) is 10.2 Å². The molecule has 2 fully saturated rings. The maximum absolute atomic E-state index is 3.74. The first kappa shape index (κ1) is 15.3. The van der Waals surface area contributed by atoms with Crippen molar-refractivity contribution in [3.63, 3.8) is 0 Å². The average molecular weight is 266 g/mol. The van der Waals surface area contributed by atoms with Gasteiger partial charge in [0.25, 0.3) is 0 Å². The van der Waals surface area contributed by atoms with Crippen LogP contribution >= 0.6 is 0 Å². The van der Waals surface area contributed by atoms with Crippen molar-refractivity contribution in [2.75, 3.05) is 13.1 Å². The molecule has 0 aromatic heterocycles. The zero-order valence-corrected chi connectivity index (χ0v) is 13.5. The number of likely N-dealkylation sites (tertiary alicyclic amines) is 1. The number of piperidine rings is 1. The second-order valence-electron chi connectivity index (χ2n) is 7.71. The van der Waals surface area contributed by atoms with Crippen LogP contribution in [0.1, 0.15) is 72.6 Å². The lowest BCUT2D eigenvalue weighted by atomic mass is 9.89. The Morgan fingerprint density at radius 3 is 2.58 bits per heavy atom. The molecular weight excluding hydrogens is 232 g/mol. The van der Waals surface area contributed by atoms with Crippen LogP contribution in [0.3, 0.4) is 0 Å². The average Bonchev–Trinajstić information content (AvgIpc) is 2.81. The molecule has 2 rings (SSSR count). The maximum atomic E-state index is 3.74. The van der Waals surface area contributed by atoms with Crippen molar-refractivity contribution < 1.29 is 0 Å². The molecule has 0 radical (unpaired) electrons. The van der Waals surface area contributed by atoms with E-state index in [4.69, 9.17) is 0 Å². The van der Waals surface area contributed by atoms with E-state index in [1.165, 1.54) is 58.0 Å². The van der Waals surface area contributed by atoms with Gasteiger partial charge < -0.3 is 5.32 Å². The van der Waals surface area contributed by atoms with Crippen LogP contribution < -0.4 is 5.32 Å². The molecule has 1 N–H and O–H groups in total. The third-order valence-electron chi connectivity index (χ3n) is 5.00. The van der Waals surface area contributed by atoms with Gasteiger partial charge in [-0.2, -0.15) is 0 Å². The highest BCUT2D eigenvalue weighted by molar-refractivity contribution is 4.93. The van der Waals surface area contributed by atoms with Gasteiger partial charge in [-0.3, -0.25) is 4.90 Å². The molecule has 1 saturated carbocycles. The van der Waals surface area contributed by atoms with Crippen molar-refractivity contribution in [2.45, 2.75) is 90.3 Å². The highest BCUT2D eigenvalue weighted by Crippen LogP contribution is 2.38. The molecule has 3 unspecified atom stereocenters. The topological polar surface area (TPSA) is 15.3 Å². The summed E-state index contributed by atoms with van der Waals surface area (Å²) in [6.45, 7) is 11.7. The second-order valence-corrected chi connectivity index (χ2v) is 7.71. The lowest BCUT2D eigenvalue weighted by molar-refractivity contribution is 0.0595. The Morgan fingerprint density at radius 1 is 1.16 bits per heavy atom. The smallest absolute Gasteiger partial charge is 0.0223 e. The molecule has 2 heteroatoms. The van der Waals surface area contributed by atoms with Gasteiger partial charge in [-0.1, -0.05) is 19.8 Å². The first-order chi connectivity index (χ1) is 9.01. The fourth-order valence-electron chi connectivity index (χ4n) is 4.09. The zero-order valence-electron chi connectivity index (χ0n) is 13.5. The summed E-state index contributed by atoms with van der Waals surface area (Å²) in [6.07, 6.45) is 10.0. The van der Waals surface area contributed by atoms with E-state index in [1.54, 1.807) is 0 Å². The molecule has 0 spiro atoms. The summed E-state index contributed by atoms with van der Waals surface area (Å²) in [5, 5.41) is 3.74. The van der Waals surface area contributed by atoms with Crippen LogP contribution in [0.5, 0.6) is 0 Å². The number of hydrogen-bond acceptors (Lipinski definition) is 2. The molecular formula is C17H34N2. The molecule has 0 bridgehead atoms. The van der Waals surface area contributed by atoms with Gasteiger partial charge in [0, 0.05) is 24.2 Å². The predicted octanol–water partition coefficient (Wildman–Crippen LogP) is 3.81. The van der Waals surface area contributed by atoms with Gasteiger partial charge in [0.15, 0.2) is 0 Å². The minimum Gasteiger partial charge on any atom is -0.311 e. The summed E-state index contributed by atoms with van der Waals surface area (Å²) in [5.74, 6) is 1.02. The van der Waals surface area contributed by atoms with E-state index in [2.05, 4.69) is 37.9 Å². The van der Waals surface area contributed by atoms with Crippen molar-refractivity contribution in [1.29, 1.82) is 0 Å². The molecule has 2 aliphatic rings. The molecule has 1 aliphatic carbocycles. The summed E-state index contributed by atoms with van der Waals surface area (Å²) in [6, 6.07) is 1.67. The molecule has 3 atom stereocenters. The Labute approximate surface area is 120 Å². The summed E-state index contributed by atoms with van der Waals surface area (Å²) < 4.78 is 0. The van der Waals surface area contributed by atoms with Gasteiger partial charge in [-0.25, -0.2) is 0 Å². The Bertz CT molecular complexity index is 269. The van der Waals surface area contributed by atoms with Gasteiger partial charge >= 0.3 is 0 Å². The van der Waals surface area contributed by atoms with Gasteiger partial charge in [-0.05, 0) is 65.3 Å². The monoisotopic (exact) mass is 266 g/mol. The number of hydrogen-bond donors (Lipinski definition) is 1. The molecule has 1 heterocycles. The van der Waals surface area contributed by atoms with E-state index in [9.17, 15) is 0 Å². The van der Waals surface area contributed by atoms with Gasteiger partial charge in [-0.15, -0.1) is 0 Å². The largest absolute Gasteiger partial charge is 0.311 e. The van der Waals surface area contributed by atoms with Crippen LogP contribution in [0.25, 0.3) is 0 Å². The molecule has 1 saturated heterocycles. The van der Waals surface area contributed by atoms with Gasteiger partial charge in [0.05, 0.1) is 0 Å². The Kier molecular flexibility index (Phi) is 5.30. The van der Waals surface area contributed by atoms with Crippen LogP contribution in [-0.4, -0.2) is 35.6 Å². The molecule has 0 aromatic rings. The molecule has 2 nitrogen and oxygen atoms in total. The first-order valence-corrected chi connectivity index (χ1v) is 8.52. The zero-order chi connectivity index (χ0) is 13.9. The van der Waals surface area contributed by atoms with E-state index < -0.39 is 0 Å². The molecule has 19 heavy (non-hydrogen) atoms. The maximum Gasteiger partial charge on any atom is 0.0223 e. The quantitative estimate of drug-likeness (QED) is 0.814. The summed E-state index contributed by atoms with van der Waals surface area (Å²) >= 11 is 0. The van der Waals surface area contributed by atoms with Gasteiger partial charge in [0.2, 0.25) is 0 Å². The van der Waals surface area contributed by atoms with Crippen molar-refractivity contribution in [3.05, 3.63) is 0 Å². The Morgan fingerprint density at radius 2 is 1.89 bits per heavy atom. The fraction of sp³-hybridized carbons (Fsp3) is 1.00. The van der Waals surface area contributed by atoms with Crippen molar-refractivity contribution >= 4 is 0 Å². The van der Waals surface area contributed by atoms with Gasteiger partial charge in [0.1, 0.15) is 0 Å². The number of nitrogens with one attached hydrogen (secondary N) is 1. The standard InChI is InChI=1S/C17H34N2/c1-5-8-15(13-18-17(2,3)4)19-12-7-10-14-9-6-11-16(14)19/h14-16,18H,5-13H2,1-4H3. The third kappa shape index (κ3) is 4.19. The van der Waals surface area contributed by atoms with E-state index in [1.807, 2.05) is 0 Å². The van der Waals surface area contributed by atoms with Crippen molar-refractivity contribution in [2.24, 2.45) is 5.92 Å². The lowest BCUT2D eigenvalue weighted by Gasteiger charge is -2.43. The SMILES string of the molecule is CCCC(CNC(C)(C)C)N1CCCC2CCCC21. The molecule has 112 valence electrons. The van der Waals surface area contributed by atoms with E-state index in [-0.39, 0.29) is 5.54 Å².